The van der Waals surface area contributed by atoms with Gasteiger partial charge in [-0.15, -0.1) is 0 Å². The molecule has 1 amide bonds. The summed E-state index contributed by atoms with van der Waals surface area (Å²) < 4.78 is 19.1. The van der Waals surface area contributed by atoms with Crippen LogP contribution in [-0.2, 0) is 32.3 Å². The van der Waals surface area contributed by atoms with Crippen molar-refractivity contribution in [2.45, 2.75) is 66.0 Å². The number of esters is 1. The van der Waals surface area contributed by atoms with Crippen molar-refractivity contribution in [2.75, 3.05) is 13.2 Å². The van der Waals surface area contributed by atoms with Gasteiger partial charge in [-0.2, -0.15) is 0 Å². The highest BCUT2D eigenvalue weighted by atomic mass is 32.1. The molecule has 2 heterocycles. The van der Waals surface area contributed by atoms with Crippen LogP contribution in [0.4, 0.5) is 4.79 Å². The number of aromatic amines is 1. The van der Waals surface area contributed by atoms with Crippen molar-refractivity contribution in [3.63, 3.8) is 0 Å². The van der Waals surface area contributed by atoms with Crippen molar-refractivity contribution in [3.8, 4) is 0 Å². The molecule has 2 N–H and O–H groups in total. The standard InChI is InChI=1S/C20H30N4O6S/c1-13(2)28-11-10-23-14-6-8-21-16(14)17(26)24(19(23)31)12-29-15(25)7-9-22-18(27)30-20(3,4)5/h6,8,13,21H,7,9-12H2,1-5H3,(H,22,27). The predicted molar refractivity (Wildman–Crippen MR) is 117 cm³/mol. The molecular formula is C20H30N4O6S. The molecule has 0 saturated heterocycles. The van der Waals surface area contributed by atoms with Gasteiger partial charge in [-0.3, -0.25) is 9.59 Å². The monoisotopic (exact) mass is 454 g/mol. The van der Waals surface area contributed by atoms with Gasteiger partial charge < -0.3 is 29.1 Å². The molecule has 0 atom stereocenters. The quantitative estimate of drug-likeness (QED) is 0.442. The second kappa shape index (κ2) is 10.6. The van der Waals surface area contributed by atoms with Gasteiger partial charge >= 0.3 is 12.1 Å². The maximum Gasteiger partial charge on any atom is 0.407 e. The second-order valence-electron chi connectivity index (χ2n) is 8.15. The Hall–Kier alpha value is -2.66. The van der Waals surface area contributed by atoms with Crippen LogP contribution in [0.3, 0.4) is 0 Å². The van der Waals surface area contributed by atoms with E-state index < -0.39 is 17.7 Å². The summed E-state index contributed by atoms with van der Waals surface area (Å²) in [4.78, 5) is 39.3. The van der Waals surface area contributed by atoms with Gasteiger partial charge in [0.2, 0.25) is 0 Å². The van der Waals surface area contributed by atoms with E-state index in [2.05, 4.69) is 10.3 Å². The SMILES string of the molecule is CC(C)OCCn1c(=S)n(COC(=O)CCNC(=O)OC(C)(C)C)c(=O)c2[nH]ccc21. The lowest BCUT2D eigenvalue weighted by molar-refractivity contribution is -0.147. The normalized spacial score (nSPS) is 11.7. The third kappa shape index (κ3) is 7.21. The fourth-order valence-corrected chi connectivity index (χ4v) is 3.05. The highest BCUT2D eigenvalue weighted by Crippen LogP contribution is 2.10. The number of carbonyl (C=O) groups is 2. The number of fused-ring (bicyclic) bond motifs is 1. The predicted octanol–water partition coefficient (Wildman–Crippen LogP) is 2.70. The van der Waals surface area contributed by atoms with Crippen LogP contribution in [0.25, 0.3) is 11.0 Å². The average molecular weight is 455 g/mol. The summed E-state index contributed by atoms with van der Waals surface area (Å²) in [5, 5.41) is 2.48. The van der Waals surface area contributed by atoms with E-state index in [9.17, 15) is 14.4 Å². The summed E-state index contributed by atoms with van der Waals surface area (Å²) >= 11 is 5.47. The molecule has 0 aliphatic heterocycles. The molecule has 0 aromatic carbocycles. The zero-order valence-electron chi connectivity index (χ0n) is 18.5. The summed E-state index contributed by atoms with van der Waals surface area (Å²) in [7, 11) is 0. The molecule has 0 unspecified atom stereocenters. The Morgan fingerprint density at radius 2 is 1.97 bits per heavy atom. The van der Waals surface area contributed by atoms with Crippen molar-refractivity contribution < 1.29 is 23.8 Å². The van der Waals surface area contributed by atoms with E-state index in [1.165, 1.54) is 4.57 Å². The van der Waals surface area contributed by atoms with Gasteiger partial charge in [-0.1, -0.05) is 0 Å². The smallest absolute Gasteiger partial charge is 0.407 e. The number of alkyl carbamates (subject to hydrolysis) is 1. The van der Waals surface area contributed by atoms with Crippen molar-refractivity contribution in [1.82, 2.24) is 19.4 Å². The molecule has 0 saturated carbocycles. The van der Waals surface area contributed by atoms with Crippen LogP contribution in [0.1, 0.15) is 41.0 Å². The van der Waals surface area contributed by atoms with Crippen molar-refractivity contribution in [2.24, 2.45) is 0 Å². The maximum atomic E-state index is 12.7. The lowest BCUT2D eigenvalue weighted by Gasteiger charge is -2.19. The van der Waals surface area contributed by atoms with Crippen LogP contribution in [0.2, 0.25) is 0 Å². The summed E-state index contributed by atoms with van der Waals surface area (Å²) in [6.45, 7) is 9.68. The molecule has 2 aromatic heterocycles. The van der Waals surface area contributed by atoms with E-state index in [1.54, 1.807) is 37.6 Å². The number of nitrogens with one attached hydrogen (secondary N) is 2. The number of aromatic nitrogens is 3. The highest BCUT2D eigenvalue weighted by Gasteiger charge is 2.17. The Kier molecular flexibility index (Phi) is 8.40. The van der Waals surface area contributed by atoms with Gasteiger partial charge in [0.15, 0.2) is 11.5 Å². The number of H-pyrrole nitrogens is 1. The average Bonchev–Trinajstić information content (AvgIpc) is 3.12. The van der Waals surface area contributed by atoms with Crippen molar-refractivity contribution in [3.05, 3.63) is 27.4 Å². The van der Waals surface area contributed by atoms with Crippen LogP contribution in [0, 0.1) is 4.77 Å². The van der Waals surface area contributed by atoms with E-state index in [1.807, 2.05) is 13.8 Å². The van der Waals surface area contributed by atoms with E-state index in [0.717, 1.165) is 0 Å². The number of hydrogen-bond donors (Lipinski definition) is 2. The van der Waals surface area contributed by atoms with E-state index in [-0.39, 0.29) is 36.1 Å². The first kappa shape index (κ1) is 24.6. The molecule has 0 aliphatic rings. The minimum Gasteiger partial charge on any atom is -0.444 e. The minimum absolute atomic E-state index is 0.0472. The van der Waals surface area contributed by atoms with Crippen LogP contribution >= 0.6 is 12.2 Å². The molecule has 11 heteroatoms. The van der Waals surface area contributed by atoms with Crippen LogP contribution in [-0.4, -0.2) is 51.0 Å². The number of rotatable bonds is 9. The summed E-state index contributed by atoms with van der Waals surface area (Å²) in [5.74, 6) is -0.585. The first-order chi connectivity index (χ1) is 14.5. The Balaban J connectivity index is 2.03. The fraction of sp³-hybridized carbons (Fsp3) is 0.600. The first-order valence-corrected chi connectivity index (χ1v) is 10.4. The van der Waals surface area contributed by atoms with Crippen LogP contribution in [0.15, 0.2) is 17.1 Å². The number of carbonyl (C=O) groups excluding carboxylic acids is 2. The zero-order chi connectivity index (χ0) is 23.2. The molecule has 31 heavy (non-hydrogen) atoms. The largest absolute Gasteiger partial charge is 0.444 e. The van der Waals surface area contributed by atoms with Gasteiger partial charge in [0.05, 0.1) is 24.6 Å². The molecule has 0 spiro atoms. The number of nitrogens with zero attached hydrogens (tertiary/aromatic N) is 2. The van der Waals surface area contributed by atoms with Gasteiger partial charge in [-0.05, 0) is 52.9 Å². The molecular weight excluding hydrogens is 424 g/mol. The van der Waals surface area contributed by atoms with Crippen LogP contribution < -0.4 is 10.9 Å². The Morgan fingerprint density at radius 3 is 2.61 bits per heavy atom. The zero-order valence-corrected chi connectivity index (χ0v) is 19.3. The molecule has 172 valence electrons. The topological polar surface area (TPSA) is 117 Å². The van der Waals surface area contributed by atoms with Crippen molar-refractivity contribution >= 4 is 35.3 Å². The third-order valence-corrected chi connectivity index (χ3v) is 4.50. The Labute approximate surface area is 185 Å². The summed E-state index contributed by atoms with van der Waals surface area (Å²) in [5.41, 5.74) is 0.00971. The Morgan fingerprint density at radius 1 is 1.26 bits per heavy atom. The molecule has 2 rings (SSSR count). The minimum atomic E-state index is -0.627. The molecule has 2 aromatic rings. The lowest BCUT2D eigenvalue weighted by Crippen LogP contribution is -2.34. The van der Waals surface area contributed by atoms with E-state index in [4.69, 9.17) is 26.4 Å². The molecule has 10 nitrogen and oxygen atoms in total. The maximum absolute atomic E-state index is 12.7. The van der Waals surface area contributed by atoms with Crippen molar-refractivity contribution in [1.29, 1.82) is 0 Å². The van der Waals surface area contributed by atoms with E-state index in [0.29, 0.717) is 24.2 Å². The number of ether oxygens (including phenoxy) is 3. The molecule has 0 aliphatic carbocycles. The fourth-order valence-electron chi connectivity index (χ4n) is 2.73. The van der Waals surface area contributed by atoms with E-state index >= 15 is 0 Å². The molecule has 0 fully saturated rings. The Bertz CT molecular complexity index is 1030. The molecule has 0 radical (unpaired) electrons. The number of amides is 1. The second-order valence-corrected chi connectivity index (χ2v) is 8.51. The summed E-state index contributed by atoms with van der Waals surface area (Å²) in [6, 6.07) is 1.76. The highest BCUT2D eigenvalue weighted by molar-refractivity contribution is 7.71. The van der Waals surface area contributed by atoms with Crippen LogP contribution in [0.5, 0.6) is 0 Å². The number of hydrogen-bond acceptors (Lipinski definition) is 7. The van der Waals surface area contributed by atoms with Gasteiger partial charge in [0, 0.05) is 19.3 Å². The van der Waals surface area contributed by atoms with Gasteiger partial charge in [-0.25, -0.2) is 9.36 Å². The summed E-state index contributed by atoms with van der Waals surface area (Å²) in [6.07, 6.45) is 1.02. The lowest BCUT2D eigenvalue weighted by atomic mass is 10.2. The first-order valence-electron chi connectivity index (χ1n) is 10.0. The van der Waals surface area contributed by atoms with Gasteiger partial charge in [0.25, 0.3) is 5.56 Å². The van der Waals surface area contributed by atoms with Gasteiger partial charge in [0.1, 0.15) is 11.1 Å². The molecule has 0 bridgehead atoms. The third-order valence-electron chi connectivity index (χ3n) is 4.05.